The van der Waals surface area contributed by atoms with Crippen LogP contribution in [-0.4, -0.2) is 11.5 Å². The van der Waals surface area contributed by atoms with Crippen LogP contribution in [0.5, 0.6) is 0 Å². The minimum atomic E-state index is -0.0774. The maximum atomic E-state index is 5.96. The minimum Gasteiger partial charge on any atom is -0.366 e. The third-order valence-electron chi connectivity index (χ3n) is 3.52. The first-order valence-corrected chi connectivity index (χ1v) is 8.09. The maximum absolute atomic E-state index is 5.96. The molecule has 1 aliphatic heterocycles. The number of benzene rings is 2. The van der Waals surface area contributed by atoms with E-state index in [9.17, 15) is 0 Å². The van der Waals surface area contributed by atoms with Crippen LogP contribution in [-0.2, 0) is 0 Å². The van der Waals surface area contributed by atoms with Gasteiger partial charge in [-0.3, -0.25) is 5.32 Å². The summed E-state index contributed by atoms with van der Waals surface area (Å²) in [6.45, 7) is 0. The van der Waals surface area contributed by atoms with Crippen LogP contribution in [0.2, 0.25) is 10.0 Å². The van der Waals surface area contributed by atoms with E-state index in [1.807, 2.05) is 48.5 Å². The van der Waals surface area contributed by atoms with Crippen molar-refractivity contribution < 1.29 is 0 Å². The summed E-state index contributed by atoms with van der Waals surface area (Å²) in [6.07, 6.45) is 2.06. The second-order valence-electron chi connectivity index (χ2n) is 5.04. The van der Waals surface area contributed by atoms with E-state index in [1.54, 1.807) is 5.37 Å². The third-order valence-corrected chi connectivity index (χ3v) is 4.30. The molecule has 1 aliphatic rings. The van der Waals surface area contributed by atoms with Crippen molar-refractivity contribution in [3.05, 3.63) is 75.8 Å². The molecule has 0 saturated heterocycles. The van der Waals surface area contributed by atoms with Gasteiger partial charge >= 0.3 is 0 Å². The van der Waals surface area contributed by atoms with Gasteiger partial charge in [-0.05, 0) is 41.5 Å². The lowest BCUT2D eigenvalue weighted by molar-refractivity contribution is 0.523. The SMILES string of the molecule is S=CC1NC(c2ccc(Cl)cc2)=CC(c2ccc(Cl)cc2)N1. The fourth-order valence-electron chi connectivity index (χ4n) is 2.41. The largest absolute Gasteiger partial charge is 0.366 e. The lowest BCUT2D eigenvalue weighted by Crippen LogP contribution is -2.47. The molecule has 0 amide bonds. The molecule has 0 aliphatic carbocycles. The first-order valence-electron chi connectivity index (χ1n) is 6.87. The molecule has 0 saturated carbocycles. The maximum Gasteiger partial charge on any atom is 0.107 e. The normalized spacial score (nSPS) is 20.9. The van der Waals surface area contributed by atoms with Gasteiger partial charge in [-0.1, -0.05) is 59.7 Å². The summed E-state index contributed by atoms with van der Waals surface area (Å²) in [5, 5.41) is 9.94. The summed E-state index contributed by atoms with van der Waals surface area (Å²) in [5.74, 6) is 0. The van der Waals surface area contributed by atoms with Crippen LogP contribution >= 0.6 is 35.4 Å². The fraction of sp³-hybridized carbons (Fsp3) is 0.118. The predicted octanol–water partition coefficient (Wildman–Crippen LogP) is 4.59. The molecule has 0 spiro atoms. The van der Waals surface area contributed by atoms with Gasteiger partial charge in [0.25, 0.3) is 0 Å². The van der Waals surface area contributed by atoms with E-state index < -0.39 is 0 Å². The van der Waals surface area contributed by atoms with Gasteiger partial charge in [-0.15, -0.1) is 0 Å². The predicted molar refractivity (Wildman–Crippen MR) is 97.3 cm³/mol. The number of hydrogen-bond donors (Lipinski definition) is 2. The Morgan fingerprint density at radius 2 is 1.50 bits per heavy atom. The molecule has 2 aromatic rings. The number of hydrogen-bond acceptors (Lipinski definition) is 3. The Labute approximate surface area is 145 Å². The van der Waals surface area contributed by atoms with Crippen LogP contribution in [0.1, 0.15) is 17.2 Å². The smallest absolute Gasteiger partial charge is 0.107 e. The Morgan fingerprint density at radius 1 is 0.909 bits per heavy atom. The molecule has 2 atom stereocenters. The fourth-order valence-corrected chi connectivity index (χ4v) is 2.81. The zero-order valence-electron chi connectivity index (χ0n) is 11.6. The molecular formula is C17H14Cl2N2S. The van der Waals surface area contributed by atoms with Crippen LogP contribution in [0.15, 0.2) is 54.6 Å². The molecule has 0 radical (unpaired) electrons. The second kappa shape index (κ2) is 6.80. The van der Waals surface area contributed by atoms with Crippen LogP contribution in [0.3, 0.4) is 0 Å². The summed E-state index contributed by atoms with van der Waals surface area (Å²) >= 11 is 17.0. The molecule has 112 valence electrons. The molecule has 1 heterocycles. The summed E-state index contributed by atoms with van der Waals surface area (Å²) < 4.78 is 0. The lowest BCUT2D eigenvalue weighted by atomic mass is 10.0. The Hall–Kier alpha value is -1.39. The Bertz CT molecular complexity index is 696. The van der Waals surface area contributed by atoms with E-state index in [2.05, 4.69) is 16.7 Å². The van der Waals surface area contributed by atoms with E-state index in [0.717, 1.165) is 26.9 Å². The van der Waals surface area contributed by atoms with Crippen molar-refractivity contribution in [2.45, 2.75) is 12.2 Å². The molecule has 2 N–H and O–H groups in total. The quantitative estimate of drug-likeness (QED) is 0.793. The molecule has 2 aromatic carbocycles. The van der Waals surface area contributed by atoms with E-state index in [4.69, 9.17) is 35.4 Å². The first kappa shape index (κ1) is 15.5. The summed E-state index contributed by atoms with van der Waals surface area (Å²) in [7, 11) is 0. The Balaban J connectivity index is 1.95. The average Bonchev–Trinajstić information content (AvgIpc) is 2.55. The van der Waals surface area contributed by atoms with Crippen LogP contribution in [0.4, 0.5) is 0 Å². The van der Waals surface area contributed by atoms with Gasteiger partial charge in [0.05, 0.1) is 6.04 Å². The molecule has 3 rings (SSSR count). The number of thiocarbonyl (C=S) groups is 1. The van der Waals surface area contributed by atoms with Crippen LogP contribution in [0.25, 0.3) is 5.70 Å². The highest BCUT2D eigenvalue weighted by molar-refractivity contribution is 7.79. The van der Waals surface area contributed by atoms with Gasteiger partial charge in [0.1, 0.15) is 6.17 Å². The van der Waals surface area contributed by atoms with E-state index >= 15 is 0 Å². The highest BCUT2D eigenvalue weighted by Gasteiger charge is 2.21. The zero-order valence-corrected chi connectivity index (χ0v) is 13.9. The van der Waals surface area contributed by atoms with Crippen molar-refractivity contribution in [1.82, 2.24) is 10.6 Å². The van der Waals surface area contributed by atoms with Gasteiger partial charge in [0.2, 0.25) is 0 Å². The monoisotopic (exact) mass is 348 g/mol. The van der Waals surface area contributed by atoms with Crippen molar-refractivity contribution >= 4 is 46.5 Å². The van der Waals surface area contributed by atoms with Crippen LogP contribution < -0.4 is 10.6 Å². The van der Waals surface area contributed by atoms with Crippen molar-refractivity contribution in [3.63, 3.8) is 0 Å². The van der Waals surface area contributed by atoms with Crippen molar-refractivity contribution in [1.29, 1.82) is 0 Å². The molecule has 2 unspecified atom stereocenters. The summed E-state index contributed by atoms with van der Waals surface area (Å²) in [6, 6.07) is 15.6. The van der Waals surface area contributed by atoms with Gasteiger partial charge < -0.3 is 5.32 Å². The second-order valence-corrected chi connectivity index (χ2v) is 6.19. The Morgan fingerprint density at radius 3 is 2.09 bits per heavy atom. The van der Waals surface area contributed by atoms with E-state index in [0.29, 0.717) is 0 Å². The molecule has 0 bridgehead atoms. The average molecular weight is 349 g/mol. The van der Waals surface area contributed by atoms with E-state index in [-0.39, 0.29) is 12.2 Å². The third kappa shape index (κ3) is 3.50. The highest BCUT2D eigenvalue weighted by atomic mass is 35.5. The minimum absolute atomic E-state index is 0.0633. The van der Waals surface area contributed by atoms with Gasteiger partial charge in [0, 0.05) is 21.1 Å². The molecular weight excluding hydrogens is 335 g/mol. The van der Waals surface area contributed by atoms with Crippen molar-refractivity contribution in [2.24, 2.45) is 0 Å². The zero-order chi connectivity index (χ0) is 15.5. The molecule has 0 aromatic heterocycles. The summed E-state index contributed by atoms with van der Waals surface area (Å²) in [5.41, 5.74) is 3.24. The van der Waals surface area contributed by atoms with Crippen LogP contribution in [0, 0.1) is 0 Å². The highest BCUT2D eigenvalue weighted by Crippen LogP contribution is 2.26. The summed E-state index contributed by atoms with van der Waals surface area (Å²) in [4.78, 5) is 0. The van der Waals surface area contributed by atoms with E-state index in [1.165, 1.54) is 0 Å². The molecule has 0 fully saturated rings. The lowest BCUT2D eigenvalue weighted by Gasteiger charge is -2.30. The molecule has 5 heteroatoms. The Kier molecular flexibility index (Phi) is 4.79. The van der Waals surface area contributed by atoms with Gasteiger partial charge in [-0.2, -0.15) is 0 Å². The number of nitrogens with one attached hydrogen (secondary N) is 2. The van der Waals surface area contributed by atoms with Crippen molar-refractivity contribution in [2.75, 3.05) is 0 Å². The number of rotatable bonds is 3. The first-order chi connectivity index (χ1) is 10.7. The molecule has 2 nitrogen and oxygen atoms in total. The molecule has 22 heavy (non-hydrogen) atoms. The number of halogens is 2. The van der Waals surface area contributed by atoms with Gasteiger partial charge in [-0.25, -0.2) is 0 Å². The van der Waals surface area contributed by atoms with Crippen molar-refractivity contribution in [3.8, 4) is 0 Å². The topological polar surface area (TPSA) is 24.1 Å². The standard InChI is InChI=1S/C17H14Cl2N2S/c18-13-5-1-11(2-6-13)15-9-16(21-17(10-22)20-15)12-3-7-14(19)8-4-12/h1-10,15,17,20-21H. The van der Waals surface area contributed by atoms with Gasteiger partial charge in [0.15, 0.2) is 0 Å².